The number of aromatic carboxylic acids is 1. The molecule has 1 aliphatic rings. The smallest absolute Gasteiger partial charge is 0.335 e. The molecule has 1 aliphatic carbocycles. The van der Waals surface area contributed by atoms with Crippen LogP contribution >= 0.6 is 0 Å². The zero-order chi connectivity index (χ0) is 19.4. The molecule has 0 aromatic heterocycles. The number of rotatable bonds is 4. The summed E-state index contributed by atoms with van der Waals surface area (Å²) in [6.45, 7) is 1.52. The van der Waals surface area contributed by atoms with Gasteiger partial charge in [-0.15, -0.1) is 0 Å². The standard InChI is InChI=1S/C22H22N2O3/c1-15(25)24-22(20-7-5-16(14-23)6-8-20)11-9-17(10-12-22)18-3-2-4-19(13-18)21(26)27/h2-8,13,17H,9-12H2,1H3,(H,24,25)(H,26,27). The third kappa shape index (κ3) is 4.01. The Kier molecular flexibility index (Phi) is 5.27. The van der Waals surface area contributed by atoms with Crippen LogP contribution in [-0.4, -0.2) is 17.0 Å². The fourth-order valence-electron chi connectivity index (χ4n) is 4.06. The van der Waals surface area contributed by atoms with Crippen molar-refractivity contribution in [2.45, 2.75) is 44.1 Å². The number of nitriles is 1. The van der Waals surface area contributed by atoms with Crippen LogP contribution in [0.4, 0.5) is 0 Å². The minimum Gasteiger partial charge on any atom is -0.478 e. The van der Waals surface area contributed by atoms with Gasteiger partial charge in [0.05, 0.1) is 22.7 Å². The minimum atomic E-state index is -0.919. The lowest BCUT2D eigenvalue weighted by Crippen LogP contribution is -2.47. The van der Waals surface area contributed by atoms with Gasteiger partial charge < -0.3 is 10.4 Å². The van der Waals surface area contributed by atoms with E-state index in [9.17, 15) is 14.7 Å². The fraction of sp³-hybridized carbons (Fsp3) is 0.318. The van der Waals surface area contributed by atoms with E-state index in [-0.39, 0.29) is 11.8 Å². The lowest BCUT2D eigenvalue weighted by Gasteiger charge is -2.41. The van der Waals surface area contributed by atoms with Gasteiger partial charge in [0.15, 0.2) is 0 Å². The molecule has 0 aliphatic heterocycles. The molecule has 0 spiro atoms. The van der Waals surface area contributed by atoms with Crippen LogP contribution < -0.4 is 5.32 Å². The summed E-state index contributed by atoms with van der Waals surface area (Å²) >= 11 is 0. The maximum Gasteiger partial charge on any atom is 0.335 e. The number of nitrogens with zero attached hydrogens (tertiary/aromatic N) is 1. The van der Waals surface area contributed by atoms with Gasteiger partial charge >= 0.3 is 5.97 Å². The van der Waals surface area contributed by atoms with Crippen molar-refractivity contribution < 1.29 is 14.7 Å². The average Bonchev–Trinajstić information content (AvgIpc) is 2.68. The number of hydrogen-bond donors (Lipinski definition) is 2. The van der Waals surface area contributed by atoms with Crippen molar-refractivity contribution in [1.29, 1.82) is 5.26 Å². The number of carbonyl (C=O) groups excluding carboxylic acids is 1. The number of carbonyl (C=O) groups is 2. The number of amides is 1. The summed E-state index contributed by atoms with van der Waals surface area (Å²) in [6.07, 6.45) is 3.23. The maximum atomic E-state index is 11.9. The van der Waals surface area contributed by atoms with Crippen LogP contribution in [-0.2, 0) is 10.3 Å². The van der Waals surface area contributed by atoms with Crippen LogP contribution in [0.5, 0.6) is 0 Å². The summed E-state index contributed by atoms with van der Waals surface area (Å²) in [7, 11) is 0. The largest absolute Gasteiger partial charge is 0.478 e. The molecule has 0 heterocycles. The van der Waals surface area contributed by atoms with Gasteiger partial charge in [-0.25, -0.2) is 4.79 Å². The lowest BCUT2D eigenvalue weighted by atomic mass is 9.70. The maximum absolute atomic E-state index is 11.9. The number of carboxylic acids is 1. The second-order valence-corrected chi connectivity index (χ2v) is 7.16. The number of nitrogens with one attached hydrogen (secondary N) is 1. The molecule has 3 rings (SSSR count). The second kappa shape index (κ2) is 7.63. The Balaban J connectivity index is 1.83. The molecule has 27 heavy (non-hydrogen) atoms. The van der Waals surface area contributed by atoms with E-state index in [1.807, 2.05) is 18.2 Å². The average molecular weight is 362 g/mol. The van der Waals surface area contributed by atoms with E-state index in [4.69, 9.17) is 5.26 Å². The van der Waals surface area contributed by atoms with Crippen LogP contribution in [0, 0.1) is 11.3 Å². The van der Waals surface area contributed by atoms with E-state index in [0.29, 0.717) is 11.1 Å². The first kappa shape index (κ1) is 18.7. The van der Waals surface area contributed by atoms with Crippen LogP contribution in [0.1, 0.15) is 65.6 Å². The molecule has 0 atom stereocenters. The Morgan fingerprint density at radius 1 is 1.15 bits per heavy atom. The Morgan fingerprint density at radius 3 is 2.37 bits per heavy atom. The molecule has 5 heteroatoms. The summed E-state index contributed by atoms with van der Waals surface area (Å²) in [5.74, 6) is -0.729. The summed E-state index contributed by atoms with van der Waals surface area (Å²) in [4.78, 5) is 23.1. The van der Waals surface area contributed by atoms with Gasteiger partial charge in [0.25, 0.3) is 0 Å². The highest BCUT2D eigenvalue weighted by Crippen LogP contribution is 2.43. The quantitative estimate of drug-likeness (QED) is 0.862. The summed E-state index contributed by atoms with van der Waals surface area (Å²) < 4.78 is 0. The first-order valence-corrected chi connectivity index (χ1v) is 9.06. The van der Waals surface area contributed by atoms with Crippen molar-refractivity contribution in [3.05, 3.63) is 70.8 Å². The predicted molar refractivity (Wildman–Crippen MR) is 101 cm³/mol. The van der Waals surface area contributed by atoms with E-state index in [0.717, 1.165) is 36.8 Å². The molecule has 1 saturated carbocycles. The molecular formula is C22H22N2O3. The first-order chi connectivity index (χ1) is 12.9. The van der Waals surface area contributed by atoms with Gasteiger partial charge in [0, 0.05) is 6.92 Å². The van der Waals surface area contributed by atoms with Gasteiger partial charge in [0.2, 0.25) is 5.91 Å². The summed E-state index contributed by atoms with van der Waals surface area (Å²) in [6, 6.07) is 16.6. The van der Waals surface area contributed by atoms with E-state index in [1.165, 1.54) is 6.92 Å². The summed E-state index contributed by atoms with van der Waals surface area (Å²) in [5.41, 5.74) is 2.50. The molecule has 0 saturated heterocycles. The third-order valence-electron chi connectivity index (χ3n) is 5.43. The van der Waals surface area contributed by atoms with Crippen molar-refractivity contribution in [1.82, 2.24) is 5.32 Å². The van der Waals surface area contributed by atoms with E-state index >= 15 is 0 Å². The van der Waals surface area contributed by atoms with Crippen molar-refractivity contribution in [2.24, 2.45) is 0 Å². The number of carboxylic acid groups (broad SMARTS) is 1. The topological polar surface area (TPSA) is 90.2 Å². The lowest BCUT2D eigenvalue weighted by molar-refractivity contribution is -0.121. The van der Waals surface area contributed by atoms with Crippen molar-refractivity contribution in [3.8, 4) is 6.07 Å². The van der Waals surface area contributed by atoms with Crippen LogP contribution in [0.15, 0.2) is 48.5 Å². The van der Waals surface area contributed by atoms with Crippen molar-refractivity contribution >= 4 is 11.9 Å². The number of benzene rings is 2. The molecule has 2 aromatic rings. The van der Waals surface area contributed by atoms with Gasteiger partial charge in [0.1, 0.15) is 0 Å². The van der Waals surface area contributed by atoms with E-state index < -0.39 is 11.5 Å². The first-order valence-electron chi connectivity index (χ1n) is 9.06. The molecule has 0 bridgehead atoms. The van der Waals surface area contributed by atoms with E-state index in [2.05, 4.69) is 11.4 Å². The SMILES string of the molecule is CC(=O)NC1(c2ccc(C#N)cc2)CCC(c2cccc(C(=O)O)c2)CC1. The van der Waals surface area contributed by atoms with Gasteiger partial charge in [-0.2, -0.15) is 5.26 Å². The highest BCUT2D eigenvalue weighted by atomic mass is 16.4. The normalized spacial score (nSPS) is 21.9. The molecule has 1 amide bonds. The van der Waals surface area contributed by atoms with Crippen molar-refractivity contribution in [2.75, 3.05) is 0 Å². The van der Waals surface area contributed by atoms with E-state index in [1.54, 1.807) is 30.3 Å². The van der Waals surface area contributed by atoms with Crippen molar-refractivity contribution in [3.63, 3.8) is 0 Å². The second-order valence-electron chi connectivity index (χ2n) is 7.16. The minimum absolute atomic E-state index is 0.0781. The van der Waals surface area contributed by atoms with Crippen LogP contribution in [0.2, 0.25) is 0 Å². The molecule has 0 unspecified atom stereocenters. The van der Waals surface area contributed by atoms with Gasteiger partial charge in [-0.3, -0.25) is 4.79 Å². The molecule has 0 radical (unpaired) electrons. The zero-order valence-electron chi connectivity index (χ0n) is 15.2. The fourth-order valence-corrected chi connectivity index (χ4v) is 4.06. The molecule has 1 fully saturated rings. The molecular weight excluding hydrogens is 340 g/mol. The highest BCUT2D eigenvalue weighted by Gasteiger charge is 2.38. The van der Waals surface area contributed by atoms with Gasteiger partial charge in [-0.1, -0.05) is 24.3 Å². The molecule has 2 aromatic carbocycles. The number of hydrogen-bond acceptors (Lipinski definition) is 3. The molecule has 138 valence electrons. The summed E-state index contributed by atoms with van der Waals surface area (Å²) in [5, 5.41) is 21.4. The Bertz CT molecular complexity index is 889. The zero-order valence-corrected chi connectivity index (χ0v) is 15.2. The third-order valence-corrected chi connectivity index (χ3v) is 5.43. The Hall–Kier alpha value is -3.13. The van der Waals surface area contributed by atoms with Gasteiger partial charge in [-0.05, 0) is 67.0 Å². The van der Waals surface area contributed by atoms with Crippen LogP contribution in [0.3, 0.4) is 0 Å². The Labute approximate surface area is 158 Å². The Morgan fingerprint density at radius 2 is 1.81 bits per heavy atom. The van der Waals surface area contributed by atoms with Crippen LogP contribution in [0.25, 0.3) is 0 Å². The monoisotopic (exact) mass is 362 g/mol. The highest BCUT2D eigenvalue weighted by molar-refractivity contribution is 5.87. The molecule has 5 nitrogen and oxygen atoms in total. The predicted octanol–water partition coefficient (Wildman–Crippen LogP) is 3.95. The molecule has 2 N–H and O–H groups in total.